The molecule has 2 aromatic carbocycles. The van der Waals surface area contributed by atoms with Gasteiger partial charge in [-0.1, -0.05) is 54.3 Å². The first kappa shape index (κ1) is 20.3. The van der Waals surface area contributed by atoms with E-state index in [1.54, 1.807) is 37.3 Å². The maximum absolute atomic E-state index is 12.4. The van der Waals surface area contributed by atoms with Crippen LogP contribution in [-0.2, 0) is 4.79 Å². The van der Waals surface area contributed by atoms with Crippen LogP contribution in [0.25, 0.3) is 6.08 Å². The van der Waals surface area contributed by atoms with E-state index in [1.807, 2.05) is 36.4 Å². The molecule has 0 radical (unpaired) electrons. The van der Waals surface area contributed by atoms with Gasteiger partial charge in [0.1, 0.15) is 6.61 Å². The largest absolute Gasteiger partial charge is 0.389 e. The van der Waals surface area contributed by atoms with Crippen LogP contribution in [0.2, 0.25) is 0 Å². The van der Waals surface area contributed by atoms with Crippen molar-refractivity contribution in [3.63, 3.8) is 0 Å². The fourth-order valence-corrected chi connectivity index (χ4v) is 2.59. The van der Waals surface area contributed by atoms with Crippen molar-refractivity contribution in [3.8, 4) is 11.8 Å². The van der Waals surface area contributed by atoms with Crippen LogP contribution in [0.3, 0.4) is 0 Å². The second-order valence-corrected chi connectivity index (χ2v) is 6.31. The molecule has 0 aromatic heterocycles. The lowest BCUT2D eigenvalue weighted by molar-refractivity contribution is -0.126. The summed E-state index contributed by atoms with van der Waals surface area (Å²) in [5.74, 6) is 4.71. The molecule has 4 nitrogen and oxygen atoms in total. The van der Waals surface area contributed by atoms with Gasteiger partial charge in [-0.05, 0) is 36.8 Å². The van der Waals surface area contributed by atoms with E-state index >= 15 is 0 Å². The molecule has 0 aliphatic carbocycles. The predicted molar refractivity (Wildman–Crippen MR) is 107 cm³/mol. The molecule has 0 aliphatic heterocycles. The highest BCUT2D eigenvalue weighted by Crippen LogP contribution is 2.15. The van der Waals surface area contributed by atoms with Gasteiger partial charge in [-0.15, -0.1) is 0 Å². The van der Waals surface area contributed by atoms with Gasteiger partial charge in [0.15, 0.2) is 11.6 Å². The third kappa shape index (κ3) is 6.34. The second kappa shape index (κ2) is 10.2. The summed E-state index contributed by atoms with van der Waals surface area (Å²) in [5, 5.41) is 9.01. The Balaban J connectivity index is 2.00. The fraction of sp³-hybridized carbons (Fsp3) is 0.217. The van der Waals surface area contributed by atoms with E-state index in [4.69, 9.17) is 10.8 Å². The smallest absolute Gasteiger partial charge is 0.163 e. The van der Waals surface area contributed by atoms with Crippen LogP contribution in [0.1, 0.15) is 34.8 Å². The number of hydrogen-bond donors (Lipinski definition) is 2. The van der Waals surface area contributed by atoms with Gasteiger partial charge in [0.05, 0.1) is 0 Å². The molecular weight excluding hydrogens is 338 g/mol. The van der Waals surface area contributed by atoms with E-state index in [-0.39, 0.29) is 12.2 Å². The predicted octanol–water partition coefficient (Wildman–Crippen LogP) is 2.85. The minimum atomic E-state index is -0.676. The van der Waals surface area contributed by atoms with Crippen molar-refractivity contribution in [1.82, 2.24) is 0 Å². The molecule has 0 saturated heterocycles. The first-order valence-electron chi connectivity index (χ1n) is 8.77. The van der Waals surface area contributed by atoms with Gasteiger partial charge in [0.2, 0.25) is 0 Å². The number of aliphatic hydroxyl groups excluding tert-OH is 1. The average molecular weight is 361 g/mol. The van der Waals surface area contributed by atoms with Crippen molar-refractivity contribution in [2.75, 3.05) is 6.61 Å². The van der Waals surface area contributed by atoms with Gasteiger partial charge >= 0.3 is 0 Å². The molecule has 138 valence electrons. The second-order valence-electron chi connectivity index (χ2n) is 6.31. The summed E-state index contributed by atoms with van der Waals surface area (Å²) in [6, 6.07) is 16.3. The van der Waals surface area contributed by atoms with Gasteiger partial charge in [-0.3, -0.25) is 9.59 Å². The number of allylic oxidation sites excluding steroid dienone is 1. The SMILES string of the molecule is C[C@@H](N)[C@H](CC(=O)c1ccc(C#C/C=C/c2ccccc2)cc1)C(=O)CO. The quantitative estimate of drug-likeness (QED) is 0.587. The van der Waals surface area contributed by atoms with Crippen LogP contribution < -0.4 is 5.73 Å². The van der Waals surface area contributed by atoms with Crippen LogP contribution in [0.5, 0.6) is 0 Å². The first-order valence-corrected chi connectivity index (χ1v) is 8.77. The summed E-state index contributed by atoms with van der Waals surface area (Å²) < 4.78 is 0. The third-order valence-electron chi connectivity index (χ3n) is 4.19. The molecule has 2 aromatic rings. The lowest BCUT2D eigenvalue weighted by Gasteiger charge is -2.17. The van der Waals surface area contributed by atoms with Crippen molar-refractivity contribution in [1.29, 1.82) is 0 Å². The molecule has 0 aliphatic rings. The number of carbonyl (C=O) groups is 2. The highest BCUT2D eigenvalue weighted by Gasteiger charge is 2.25. The molecule has 27 heavy (non-hydrogen) atoms. The standard InChI is InChI=1S/C23H23NO3/c1-17(24)21(23(27)16-25)15-22(26)20-13-11-19(12-14-20)10-6-5-9-18-7-3-2-4-8-18/h2-5,7-9,11-14,17,21,25H,15-16,24H2,1H3/b9-5+/t17-,21+/m1/s1. The van der Waals surface area contributed by atoms with E-state index in [1.165, 1.54) is 0 Å². The van der Waals surface area contributed by atoms with E-state index in [0.29, 0.717) is 5.56 Å². The Hall–Kier alpha value is -3.00. The summed E-state index contributed by atoms with van der Waals surface area (Å²) in [7, 11) is 0. The number of carbonyl (C=O) groups excluding carboxylic acids is 2. The van der Waals surface area contributed by atoms with Gasteiger partial charge in [0, 0.05) is 29.5 Å². The molecule has 2 rings (SSSR count). The molecule has 0 heterocycles. The molecule has 0 amide bonds. The zero-order valence-electron chi connectivity index (χ0n) is 15.3. The average Bonchev–Trinajstić information content (AvgIpc) is 2.69. The van der Waals surface area contributed by atoms with E-state index in [2.05, 4.69) is 11.8 Å². The number of benzene rings is 2. The van der Waals surface area contributed by atoms with Crippen molar-refractivity contribution >= 4 is 17.6 Å². The van der Waals surface area contributed by atoms with E-state index in [0.717, 1.165) is 11.1 Å². The van der Waals surface area contributed by atoms with Crippen molar-refractivity contribution < 1.29 is 14.7 Å². The van der Waals surface area contributed by atoms with Crippen LogP contribution in [0, 0.1) is 17.8 Å². The molecule has 4 heteroatoms. The Kier molecular flexibility index (Phi) is 7.69. The minimum Gasteiger partial charge on any atom is -0.389 e. The van der Waals surface area contributed by atoms with E-state index in [9.17, 15) is 9.59 Å². The van der Waals surface area contributed by atoms with Gasteiger partial charge in [-0.25, -0.2) is 0 Å². The highest BCUT2D eigenvalue weighted by atomic mass is 16.3. The fourth-order valence-electron chi connectivity index (χ4n) is 2.59. The summed E-state index contributed by atoms with van der Waals surface area (Å²) in [6.45, 7) is 1.05. The van der Waals surface area contributed by atoms with Crippen LogP contribution in [0.15, 0.2) is 60.7 Å². The maximum atomic E-state index is 12.4. The van der Waals surface area contributed by atoms with Crippen LogP contribution in [0.4, 0.5) is 0 Å². The zero-order valence-corrected chi connectivity index (χ0v) is 15.3. The molecule has 2 atom stereocenters. The monoisotopic (exact) mass is 361 g/mol. The summed E-state index contributed by atoms with van der Waals surface area (Å²) in [4.78, 5) is 24.1. The van der Waals surface area contributed by atoms with Crippen molar-refractivity contribution in [2.45, 2.75) is 19.4 Å². The van der Waals surface area contributed by atoms with Gasteiger partial charge in [0.25, 0.3) is 0 Å². The molecule has 0 saturated carbocycles. The molecule has 0 unspecified atom stereocenters. The molecule has 3 N–H and O–H groups in total. The molecule has 0 fully saturated rings. The van der Waals surface area contributed by atoms with Crippen LogP contribution in [-0.4, -0.2) is 29.3 Å². The Morgan fingerprint density at radius 1 is 1.11 bits per heavy atom. The highest BCUT2D eigenvalue weighted by molar-refractivity contribution is 5.99. The number of nitrogens with two attached hydrogens (primary N) is 1. The Morgan fingerprint density at radius 3 is 2.37 bits per heavy atom. The van der Waals surface area contributed by atoms with Crippen molar-refractivity contribution in [3.05, 3.63) is 77.4 Å². The Labute approximate surface area is 159 Å². The maximum Gasteiger partial charge on any atom is 0.163 e. The molecule has 0 spiro atoms. The number of hydrogen-bond acceptors (Lipinski definition) is 4. The number of aliphatic hydroxyl groups is 1. The normalized spacial score (nSPS) is 12.9. The Morgan fingerprint density at radius 2 is 1.78 bits per heavy atom. The lowest BCUT2D eigenvalue weighted by atomic mass is 9.89. The van der Waals surface area contributed by atoms with Crippen LogP contribution >= 0.6 is 0 Å². The minimum absolute atomic E-state index is 0.0120. The van der Waals surface area contributed by atoms with Gasteiger partial charge in [-0.2, -0.15) is 0 Å². The third-order valence-corrected chi connectivity index (χ3v) is 4.19. The number of Topliss-reactive ketones (excluding diaryl/α,β-unsaturated/α-hetero) is 2. The first-order chi connectivity index (χ1) is 13.0. The number of rotatable bonds is 7. The number of ketones is 2. The van der Waals surface area contributed by atoms with E-state index < -0.39 is 24.3 Å². The summed E-state index contributed by atoms with van der Waals surface area (Å²) >= 11 is 0. The molecular formula is C23H23NO3. The molecule has 0 bridgehead atoms. The zero-order chi connectivity index (χ0) is 19.6. The van der Waals surface area contributed by atoms with Gasteiger partial charge < -0.3 is 10.8 Å². The summed E-state index contributed by atoms with van der Waals surface area (Å²) in [5.41, 5.74) is 8.13. The Bertz CT molecular complexity index is 856. The summed E-state index contributed by atoms with van der Waals surface area (Å²) in [6.07, 6.45) is 3.70. The lowest BCUT2D eigenvalue weighted by Crippen LogP contribution is -2.36. The topological polar surface area (TPSA) is 80.4 Å². The van der Waals surface area contributed by atoms with Crippen molar-refractivity contribution in [2.24, 2.45) is 11.7 Å².